The van der Waals surface area contributed by atoms with Gasteiger partial charge in [0.1, 0.15) is 5.75 Å². The SMILES string of the molecule is Clc1ccc(C2=NN3[C@H](C2)c2cc(Br)cc(Br)c2O[C@@H]3c2ccco2)cc1. The predicted octanol–water partition coefficient (Wildman–Crippen LogP) is 6.70. The first-order valence-electron chi connectivity index (χ1n) is 8.41. The molecule has 0 aliphatic carbocycles. The second kappa shape index (κ2) is 6.69. The number of hydrogen-bond donors (Lipinski definition) is 0. The molecule has 0 fully saturated rings. The third-order valence-electron chi connectivity index (χ3n) is 4.77. The minimum atomic E-state index is -0.417. The zero-order valence-electron chi connectivity index (χ0n) is 13.9. The Hall–Kier alpha value is -1.76. The van der Waals surface area contributed by atoms with Gasteiger partial charge in [0.15, 0.2) is 5.76 Å². The molecular formula is C20H13Br2ClN2O2. The third-order valence-corrected chi connectivity index (χ3v) is 6.07. The highest BCUT2D eigenvalue weighted by Crippen LogP contribution is 2.50. The smallest absolute Gasteiger partial charge is 0.246 e. The molecule has 1 aromatic heterocycles. The van der Waals surface area contributed by atoms with E-state index >= 15 is 0 Å². The summed E-state index contributed by atoms with van der Waals surface area (Å²) in [5, 5.41) is 7.60. The minimum absolute atomic E-state index is 0.0586. The maximum absolute atomic E-state index is 6.32. The number of ether oxygens (including phenoxy) is 1. The zero-order valence-corrected chi connectivity index (χ0v) is 17.8. The fourth-order valence-corrected chi connectivity index (χ4v) is 5.03. The fraction of sp³-hybridized carbons (Fsp3) is 0.150. The average Bonchev–Trinajstić information content (AvgIpc) is 3.32. The fourth-order valence-electron chi connectivity index (χ4n) is 3.55. The molecule has 0 radical (unpaired) electrons. The van der Waals surface area contributed by atoms with Crippen LogP contribution in [-0.2, 0) is 0 Å². The lowest BCUT2D eigenvalue weighted by atomic mass is 9.96. The first kappa shape index (κ1) is 17.3. The van der Waals surface area contributed by atoms with E-state index in [9.17, 15) is 0 Å². The largest absolute Gasteiger partial charge is 0.463 e. The summed E-state index contributed by atoms with van der Waals surface area (Å²) >= 11 is 13.3. The molecule has 3 aromatic rings. The Kier molecular flexibility index (Phi) is 4.30. The molecule has 4 nitrogen and oxygen atoms in total. The van der Waals surface area contributed by atoms with Crippen LogP contribution in [0.1, 0.15) is 35.6 Å². The van der Waals surface area contributed by atoms with Gasteiger partial charge in [-0.3, -0.25) is 0 Å². The highest BCUT2D eigenvalue weighted by atomic mass is 79.9. The molecule has 7 heteroatoms. The number of rotatable bonds is 2. The lowest BCUT2D eigenvalue weighted by molar-refractivity contribution is -0.0331. The Bertz CT molecular complexity index is 1030. The van der Waals surface area contributed by atoms with Gasteiger partial charge in [0, 0.05) is 21.5 Å². The number of fused-ring (bicyclic) bond motifs is 3. The molecule has 0 spiro atoms. The van der Waals surface area contributed by atoms with E-state index in [1.165, 1.54) is 0 Å². The molecule has 27 heavy (non-hydrogen) atoms. The Balaban J connectivity index is 1.62. The molecule has 2 aliphatic heterocycles. The summed E-state index contributed by atoms with van der Waals surface area (Å²) in [7, 11) is 0. The van der Waals surface area contributed by atoms with Gasteiger partial charge >= 0.3 is 0 Å². The maximum Gasteiger partial charge on any atom is 0.246 e. The van der Waals surface area contributed by atoms with Crippen molar-refractivity contribution in [1.29, 1.82) is 0 Å². The van der Waals surface area contributed by atoms with Crippen molar-refractivity contribution in [3.63, 3.8) is 0 Å². The molecule has 0 saturated carbocycles. The van der Waals surface area contributed by atoms with Gasteiger partial charge in [-0.05, 0) is 57.9 Å². The van der Waals surface area contributed by atoms with Crippen molar-refractivity contribution >= 4 is 49.2 Å². The number of benzene rings is 2. The molecular weight excluding hydrogens is 495 g/mol. The summed E-state index contributed by atoms with van der Waals surface area (Å²) in [6.45, 7) is 0. The second-order valence-electron chi connectivity index (χ2n) is 6.45. The molecule has 2 atom stereocenters. The number of hydrogen-bond acceptors (Lipinski definition) is 4. The van der Waals surface area contributed by atoms with E-state index in [1.54, 1.807) is 6.26 Å². The van der Waals surface area contributed by atoms with Gasteiger partial charge in [0.2, 0.25) is 6.23 Å². The van der Waals surface area contributed by atoms with E-state index < -0.39 is 6.23 Å². The molecule has 0 bridgehead atoms. The van der Waals surface area contributed by atoms with E-state index in [0.29, 0.717) is 5.02 Å². The summed E-state index contributed by atoms with van der Waals surface area (Å²) in [5.41, 5.74) is 3.15. The lowest BCUT2D eigenvalue weighted by Gasteiger charge is -2.37. The van der Waals surface area contributed by atoms with E-state index in [1.807, 2.05) is 47.5 Å². The van der Waals surface area contributed by atoms with Crippen LogP contribution in [-0.4, -0.2) is 10.7 Å². The molecule has 2 aliphatic rings. The van der Waals surface area contributed by atoms with Gasteiger partial charge in [-0.15, -0.1) is 0 Å². The summed E-state index contributed by atoms with van der Waals surface area (Å²) in [6.07, 6.45) is 2.01. The molecule has 136 valence electrons. The molecule has 5 rings (SSSR count). The Morgan fingerprint density at radius 2 is 1.93 bits per heavy atom. The van der Waals surface area contributed by atoms with Crippen molar-refractivity contribution in [2.45, 2.75) is 18.7 Å². The predicted molar refractivity (Wildman–Crippen MR) is 111 cm³/mol. The molecule has 0 amide bonds. The van der Waals surface area contributed by atoms with E-state index in [0.717, 1.165) is 43.7 Å². The van der Waals surface area contributed by atoms with Gasteiger partial charge < -0.3 is 9.15 Å². The summed E-state index contributed by atoms with van der Waals surface area (Å²) in [4.78, 5) is 0. The Morgan fingerprint density at radius 3 is 2.67 bits per heavy atom. The highest BCUT2D eigenvalue weighted by Gasteiger charge is 2.43. The standard InChI is InChI=1S/C20H13Br2ClN2O2/c21-12-8-14-17-10-16(11-3-5-13(23)6-4-11)24-25(17)20(18-2-1-7-26-18)27-19(14)15(22)9-12/h1-9,17,20H,10H2/t17-,20-/m1/s1. The van der Waals surface area contributed by atoms with Crippen molar-refractivity contribution in [2.75, 3.05) is 0 Å². The quantitative estimate of drug-likeness (QED) is 0.387. The van der Waals surface area contributed by atoms with Gasteiger partial charge in [0.05, 0.1) is 22.5 Å². The number of hydrazone groups is 1. The van der Waals surface area contributed by atoms with Crippen LogP contribution in [0.15, 0.2) is 73.3 Å². The maximum atomic E-state index is 6.32. The third kappa shape index (κ3) is 3.00. The monoisotopic (exact) mass is 506 g/mol. The van der Waals surface area contributed by atoms with Gasteiger partial charge in [0.25, 0.3) is 0 Å². The molecule has 3 heterocycles. The highest BCUT2D eigenvalue weighted by molar-refractivity contribution is 9.11. The van der Waals surface area contributed by atoms with Crippen LogP contribution < -0.4 is 4.74 Å². The first-order chi connectivity index (χ1) is 13.1. The molecule has 0 saturated heterocycles. The van der Waals surface area contributed by atoms with E-state index in [-0.39, 0.29) is 6.04 Å². The van der Waals surface area contributed by atoms with Crippen molar-refractivity contribution in [1.82, 2.24) is 5.01 Å². The Morgan fingerprint density at radius 1 is 1.11 bits per heavy atom. The average molecular weight is 509 g/mol. The Labute approximate surface area is 178 Å². The number of nitrogens with zero attached hydrogens (tertiary/aromatic N) is 2. The zero-order chi connectivity index (χ0) is 18.5. The van der Waals surface area contributed by atoms with Crippen molar-refractivity contribution in [3.8, 4) is 5.75 Å². The van der Waals surface area contributed by atoms with Crippen molar-refractivity contribution in [2.24, 2.45) is 5.10 Å². The summed E-state index contributed by atoms with van der Waals surface area (Å²) in [5.74, 6) is 1.55. The van der Waals surface area contributed by atoms with Crippen molar-refractivity contribution < 1.29 is 9.15 Å². The van der Waals surface area contributed by atoms with Crippen LogP contribution >= 0.6 is 43.5 Å². The topological polar surface area (TPSA) is 38.0 Å². The molecule has 0 N–H and O–H groups in total. The van der Waals surface area contributed by atoms with Crippen LogP contribution in [0.2, 0.25) is 5.02 Å². The van der Waals surface area contributed by atoms with Crippen LogP contribution in [0.5, 0.6) is 5.75 Å². The molecule has 0 unspecified atom stereocenters. The van der Waals surface area contributed by atoms with Crippen LogP contribution in [0.25, 0.3) is 0 Å². The summed E-state index contributed by atoms with van der Waals surface area (Å²) in [6, 6.07) is 15.7. The summed E-state index contributed by atoms with van der Waals surface area (Å²) < 4.78 is 13.9. The van der Waals surface area contributed by atoms with Crippen molar-refractivity contribution in [3.05, 3.63) is 85.6 Å². The van der Waals surface area contributed by atoms with E-state index in [2.05, 4.69) is 37.9 Å². The first-order valence-corrected chi connectivity index (χ1v) is 10.4. The van der Waals surface area contributed by atoms with Crippen LogP contribution in [0, 0.1) is 0 Å². The van der Waals surface area contributed by atoms with Gasteiger partial charge in [-0.2, -0.15) is 5.10 Å². The van der Waals surface area contributed by atoms with Crippen LogP contribution in [0.3, 0.4) is 0 Å². The molecule has 2 aromatic carbocycles. The second-order valence-corrected chi connectivity index (χ2v) is 8.65. The minimum Gasteiger partial charge on any atom is -0.463 e. The normalized spacial score (nSPS) is 20.7. The van der Waals surface area contributed by atoms with Gasteiger partial charge in [-0.1, -0.05) is 39.7 Å². The van der Waals surface area contributed by atoms with E-state index in [4.69, 9.17) is 25.9 Å². The number of halogens is 3. The number of furan rings is 1. The van der Waals surface area contributed by atoms with Crippen LogP contribution in [0.4, 0.5) is 0 Å². The lowest BCUT2D eigenvalue weighted by Crippen LogP contribution is -2.33. The van der Waals surface area contributed by atoms with Gasteiger partial charge in [-0.25, -0.2) is 5.01 Å².